The lowest BCUT2D eigenvalue weighted by Crippen LogP contribution is -2.61. The van der Waals surface area contributed by atoms with Gasteiger partial charge in [-0.15, -0.1) is 0 Å². The van der Waals surface area contributed by atoms with Crippen LogP contribution >= 0.6 is 35.0 Å². The SMILES string of the molecule is CC(=O)OCC1OC(Sc2ccc(Cl)c(Cl)c2)C(OC(C)=O)C(OC(C)=O)C1OC(C)=O. The zero-order valence-corrected chi connectivity index (χ0v) is 20.0. The molecule has 0 saturated carbocycles. The Labute approximate surface area is 198 Å². The zero-order chi connectivity index (χ0) is 24.0. The average molecular weight is 509 g/mol. The van der Waals surface area contributed by atoms with Gasteiger partial charge in [-0.1, -0.05) is 35.0 Å². The highest BCUT2D eigenvalue weighted by Crippen LogP contribution is 2.39. The van der Waals surface area contributed by atoms with Gasteiger partial charge in [-0.05, 0) is 18.2 Å². The molecule has 1 saturated heterocycles. The number of ether oxygens (including phenoxy) is 5. The predicted molar refractivity (Wildman–Crippen MR) is 114 cm³/mol. The van der Waals surface area contributed by atoms with Gasteiger partial charge < -0.3 is 23.7 Å². The summed E-state index contributed by atoms with van der Waals surface area (Å²) in [6.07, 6.45) is -4.60. The van der Waals surface area contributed by atoms with E-state index in [4.69, 9.17) is 46.9 Å². The van der Waals surface area contributed by atoms with Crippen molar-refractivity contribution >= 4 is 58.8 Å². The number of esters is 4. The molecule has 9 nitrogen and oxygen atoms in total. The van der Waals surface area contributed by atoms with E-state index in [1.807, 2.05) is 0 Å². The molecule has 0 spiro atoms. The second kappa shape index (κ2) is 11.7. The van der Waals surface area contributed by atoms with Crippen LogP contribution in [0.4, 0.5) is 0 Å². The highest BCUT2D eigenvalue weighted by atomic mass is 35.5. The molecule has 1 aromatic rings. The van der Waals surface area contributed by atoms with Crippen LogP contribution in [-0.2, 0) is 42.9 Å². The van der Waals surface area contributed by atoms with Gasteiger partial charge in [-0.3, -0.25) is 19.2 Å². The van der Waals surface area contributed by atoms with Crippen molar-refractivity contribution in [3.05, 3.63) is 28.2 Å². The van der Waals surface area contributed by atoms with Crippen molar-refractivity contribution in [3.8, 4) is 0 Å². The first kappa shape index (κ1) is 26.2. The maximum Gasteiger partial charge on any atom is 0.303 e. The molecule has 2 rings (SSSR count). The molecule has 0 amide bonds. The number of hydrogen-bond donors (Lipinski definition) is 0. The Hall–Kier alpha value is -2.01. The third kappa shape index (κ3) is 7.54. The first-order valence-corrected chi connectivity index (χ1v) is 11.0. The lowest BCUT2D eigenvalue weighted by molar-refractivity contribution is -0.237. The van der Waals surface area contributed by atoms with Crippen LogP contribution in [0.25, 0.3) is 0 Å². The van der Waals surface area contributed by atoms with Gasteiger partial charge in [0.05, 0.1) is 10.0 Å². The quantitative estimate of drug-likeness (QED) is 0.401. The summed E-state index contributed by atoms with van der Waals surface area (Å²) in [7, 11) is 0. The van der Waals surface area contributed by atoms with Gasteiger partial charge in [0, 0.05) is 32.6 Å². The van der Waals surface area contributed by atoms with E-state index in [0.717, 1.165) is 25.6 Å². The maximum atomic E-state index is 11.8. The molecule has 1 aliphatic heterocycles. The van der Waals surface area contributed by atoms with Crippen LogP contribution in [0.15, 0.2) is 23.1 Å². The Bertz CT molecular complexity index is 879. The summed E-state index contributed by atoms with van der Waals surface area (Å²) in [5.74, 6) is -2.65. The van der Waals surface area contributed by atoms with E-state index >= 15 is 0 Å². The van der Waals surface area contributed by atoms with Crippen molar-refractivity contribution in [1.29, 1.82) is 0 Å². The van der Waals surface area contributed by atoms with E-state index in [-0.39, 0.29) is 6.61 Å². The van der Waals surface area contributed by atoms with Crippen LogP contribution < -0.4 is 0 Å². The minimum atomic E-state index is -1.23. The zero-order valence-electron chi connectivity index (χ0n) is 17.7. The van der Waals surface area contributed by atoms with Gasteiger partial charge >= 0.3 is 23.9 Å². The van der Waals surface area contributed by atoms with Crippen molar-refractivity contribution in [3.63, 3.8) is 0 Å². The smallest absolute Gasteiger partial charge is 0.303 e. The molecule has 0 N–H and O–H groups in total. The Balaban J connectivity index is 2.46. The maximum absolute atomic E-state index is 11.8. The van der Waals surface area contributed by atoms with Crippen LogP contribution in [-0.4, -0.2) is 60.3 Å². The van der Waals surface area contributed by atoms with Gasteiger partial charge in [0.2, 0.25) is 0 Å². The van der Waals surface area contributed by atoms with E-state index in [2.05, 4.69) is 0 Å². The summed E-state index contributed by atoms with van der Waals surface area (Å²) in [6, 6.07) is 4.84. The van der Waals surface area contributed by atoms with Crippen molar-refractivity contribution in [2.75, 3.05) is 6.61 Å². The van der Waals surface area contributed by atoms with E-state index in [1.54, 1.807) is 18.2 Å². The highest BCUT2D eigenvalue weighted by Gasteiger charge is 2.52. The molecule has 1 aliphatic rings. The molecule has 1 fully saturated rings. The fourth-order valence-electron chi connectivity index (χ4n) is 2.97. The highest BCUT2D eigenvalue weighted by molar-refractivity contribution is 7.99. The van der Waals surface area contributed by atoms with Crippen LogP contribution in [0.5, 0.6) is 0 Å². The molecule has 5 unspecified atom stereocenters. The Morgan fingerprint density at radius 2 is 1.41 bits per heavy atom. The van der Waals surface area contributed by atoms with Crippen molar-refractivity contribution in [1.82, 2.24) is 0 Å². The summed E-state index contributed by atoms with van der Waals surface area (Å²) < 4.78 is 27.2. The molecule has 0 radical (unpaired) electrons. The first-order valence-electron chi connectivity index (χ1n) is 9.40. The minimum absolute atomic E-state index is 0.294. The van der Waals surface area contributed by atoms with E-state index in [0.29, 0.717) is 14.9 Å². The fraction of sp³-hybridized carbons (Fsp3) is 0.500. The predicted octanol–water partition coefficient (Wildman–Crippen LogP) is 3.17. The standard InChI is InChI=1S/C20H22Cl2O9S/c1-9(23)27-8-16-17(28-10(2)24)18(29-11(3)25)19(30-12(4)26)20(31-16)32-13-5-6-14(21)15(22)7-13/h5-7,16-20H,8H2,1-4H3. The minimum Gasteiger partial charge on any atom is -0.463 e. The van der Waals surface area contributed by atoms with Gasteiger partial charge in [-0.2, -0.15) is 0 Å². The molecule has 32 heavy (non-hydrogen) atoms. The number of thioether (sulfide) groups is 1. The van der Waals surface area contributed by atoms with Crippen LogP contribution in [0.3, 0.4) is 0 Å². The molecular weight excluding hydrogens is 487 g/mol. The number of rotatable bonds is 7. The monoisotopic (exact) mass is 508 g/mol. The van der Waals surface area contributed by atoms with Crippen LogP contribution in [0.2, 0.25) is 10.0 Å². The number of benzene rings is 1. The molecular formula is C20H22Cl2O9S. The third-order valence-electron chi connectivity index (χ3n) is 4.09. The molecule has 0 aromatic heterocycles. The van der Waals surface area contributed by atoms with Crippen molar-refractivity contribution in [2.24, 2.45) is 0 Å². The molecule has 1 heterocycles. The third-order valence-corrected chi connectivity index (χ3v) is 5.97. The van der Waals surface area contributed by atoms with E-state index in [1.165, 1.54) is 13.8 Å². The van der Waals surface area contributed by atoms with Gasteiger partial charge in [-0.25, -0.2) is 0 Å². The molecule has 0 bridgehead atoms. The van der Waals surface area contributed by atoms with Gasteiger partial charge in [0.15, 0.2) is 18.3 Å². The molecule has 1 aromatic carbocycles. The topological polar surface area (TPSA) is 114 Å². The molecule has 12 heteroatoms. The Kier molecular flexibility index (Phi) is 9.63. The van der Waals surface area contributed by atoms with Crippen LogP contribution in [0, 0.1) is 0 Å². The summed E-state index contributed by atoms with van der Waals surface area (Å²) in [6.45, 7) is 4.41. The fourth-order valence-corrected chi connectivity index (χ4v) is 4.47. The lowest BCUT2D eigenvalue weighted by Gasteiger charge is -2.44. The Morgan fingerprint density at radius 1 is 0.844 bits per heavy atom. The molecule has 5 atom stereocenters. The first-order chi connectivity index (χ1) is 15.0. The number of carbonyl (C=O) groups is 4. The average Bonchev–Trinajstić information content (AvgIpc) is 2.66. The van der Waals surface area contributed by atoms with E-state index < -0.39 is 53.7 Å². The van der Waals surface area contributed by atoms with Crippen molar-refractivity contribution in [2.45, 2.75) is 62.4 Å². The second-order valence-electron chi connectivity index (χ2n) is 6.76. The largest absolute Gasteiger partial charge is 0.463 e. The second-order valence-corrected chi connectivity index (χ2v) is 8.75. The molecule has 0 aliphatic carbocycles. The van der Waals surface area contributed by atoms with Crippen LogP contribution in [0.1, 0.15) is 27.7 Å². The molecule has 176 valence electrons. The Morgan fingerprint density at radius 3 is 1.94 bits per heavy atom. The lowest BCUT2D eigenvalue weighted by atomic mass is 9.99. The number of hydrogen-bond acceptors (Lipinski definition) is 10. The van der Waals surface area contributed by atoms with Gasteiger partial charge in [0.25, 0.3) is 0 Å². The summed E-state index contributed by atoms with van der Waals surface area (Å²) in [5.41, 5.74) is -0.937. The summed E-state index contributed by atoms with van der Waals surface area (Å²) in [4.78, 5) is 47.3. The number of halogens is 2. The van der Waals surface area contributed by atoms with E-state index in [9.17, 15) is 19.2 Å². The normalized spacial score (nSPS) is 24.9. The van der Waals surface area contributed by atoms with Crippen molar-refractivity contribution < 1.29 is 42.9 Å². The summed E-state index contributed by atoms with van der Waals surface area (Å²) in [5, 5.41) is 0.639. The number of carbonyl (C=O) groups excluding carboxylic acids is 4. The summed E-state index contributed by atoms with van der Waals surface area (Å²) >= 11 is 13.2. The van der Waals surface area contributed by atoms with Gasteiger partial charge in [0.1, 0.15) is 18.1 Å².